The van der Waals surface area contributed by atoms with Gasteiger partial charge in [0.25, 0.3) is 12.1 Å². The van der Waals surface area contributed by atoms with E-state index in [0.717, 1.165) is 5.56 Å². The van der Waals surface area contributed by atoms with Crippen LogP contribution in [0.5, 0.6) is 0 Å². The first-order chi connectivity index (χ1) is 6.75. The van der Waals surface area contributed by atoms with Crippen LogP contribution in [0, 0.1) is 0 Å². The summed E-state index contributed by atoms with van der Waals surface area (Å²) < 4.78 is 6.32. The van der Waals surface area contributed by atoms with Gasteiger partial charge in [0.15, 0.2) is 0 Å². The van der Waals surface area contributed by atoms with Gasteiger partial charge in [-0.25, -0.2) is 0 Å². The number of aromatic nitrogens is 2. The van der Waals surface area contributed by atoms with Crippen molar-refractivity contribution in [3.8, 4) is 0 Å². The van der Waals surface area contributed by atoms with Crippen molar-refractivity contribution in [1.29, 1.82) is 0 Å². The van der Waals surface area contributed by atoms with Crippen LogP contribution in [0.1, 0.15) is 5.56 Å². The second-order valence-electron chi connectivity index (χ2n) is 2.89. The maximum Gasteiger partial charge on any atom is 0.293 e. The highest BCUT2D eigenvalue weighted by atomic mass is 35.5. The summed E-state index contributed by atoms with van der Waals surface area (Å²) in [5, 5.41) is 4.42. The van der Waals surface area contributed by atoms with Gasteiger partial charge in [0.1, 0.15) is 0 Å². The molecular weight excluding hydrogens is 237 g/mol. The number of anilines is 1. The lowest BCUT2D eigenvalue weighted by Gasteiger charge is -1.95. The SMILES string of the molecule is Nc1c[n+](Cc2ccccc2Cl)no1.[Cl-]. The minimum absolute atomic E-state index is 0. The second kappa shape index (κ2) is 5.00. The Hall–Kier alpha value is -1.26. The van der Waals surface area contributed by atoms with Crippen LogP contribution in [0.4, 0.5) is 5.88 Å². The predicted molar refractivity (Wildman–Crippen MR) is 51.7 cm³/mol. The second-order valence-corrected chi connectivity index (χ2v) is 3.30. The highest BCUT2D eigenvalue weighted by molar-refractivity contribution is 6.31. The largest absolute Gasteiger partial charge is 1.00 e. The lowest BCUT2D eigenvalue weighted by Crippen LogP contribution is -3.00. The van der Waals surface area contributed by atoms with E-state index in [9.17, 15) is 0 Å². The fraction of sp³-hybridized carbons (Fsp3) is 0.111. The van der Waals surface area contributed by atoms with Crippen molar-refractivity contribution < 1.29 is 21.6 Å². The third kappa shape index (κ3) is 2.84. The van der Waals surface area contributed by atoms with Gasteiger partial charge in [0, 0.05) is 5.56 Å². The van der Waals surface area contributed by atoms with Gasteiger partial charge in [-0.3, -0.25) is 4.52 Å². The number of hydrogen-bond donors (Lipinski definition) is 1. The van der Waals surface area contributed by atoms with E-state index in [0.29, 0.717) is 11.6 Å². The molecule has 0 aliphatic heterocycles. The molecule has 0 saturated carbocycles. The summed E-state index contributed by atoms with van der Waals surface area (Å²) in [7, 11) is 0. The minimum atomic E-state index is 0. The lowest BCUT2D eigenvalue weighted by atomic mass is 10.2. The quantitative estimate of drug-likeness (QED) is 0.639. The molecule has 1 aromatic heterocycles. The normalized spacial score (nSPS) is 9.67. The van der Waals surface area contributed by atoms with Gasteiger partial charge < -0.3 is 18.1 Å². The maximum absolute atomic E-state index is 5.98. The van der Waals surface area contributed by atoms with Crippen molar-refractivity contribution >= 4 is 17.5 Å². The Morgan fingerprint density at radius 3 is 2.73 bits per heavy atom. The monoisotopic (exact) mass is 245 g/mol. The van der Waals surface area contributed by atoms with E-state index in [2.05, 4.69) is 5.27 Å². The number of nitrogens with two attached hydrogens (primary N) is 1. The van der Waals surface area contributed by atoms with Crippen LogP contribution in [0.15, 0.2) is 35.0 Å². The van der Waals surface area contributed by atoms with Crippen molar-refractivity contribution in [3.63, 3.8) is 0 Å². The molecule has 80 valence electrons. The van der Waals surface area contributed by atoms with E-state index in [4.69, 9.17) is 21.9 Å². The van der Waals surface area contributed by atoms with E-state index < -0.39 is 0 Å². The molecule has 0 aliphatic carbocycles. The summed E-state index contributed by atoms with van der Waals surface area (Å²) in [6.45, 7) is 0.556. The number of nitrogen functional groups attached to an aromatic ring is 1. The Morgan fingerprint density at radius 1 is 1.40 bits per heavy atom. The van der Waals surface area contributed by atoms with Crippen molar-refractivity contribution in [2.45, 2.75) is 6.54 Å². The highest BCUT2D eigenvalue weighted by Gasteiger charge is 2.11. The standard InChI is InChI=1S/C9H9ClN3O.ClH/c10-8-4-2-1-3-7(8)5-13-6-9(11)14-12-13;/h1-4,6H,5,11H2;1H/q+1;/p-1. The van der Waals surface area contributed by atoms with Crippen LogP contribution in [0.25, 0.3) is 0 Å². The van der Waals surface area contributed by atoms with Crippen LogP contribution < -0.4 is 22.8 Å². The van der Waals surface area contributed by atoms with Crippen LogP contribution in [-0.4, -0.2) is 5.27 Å². The molecule has 15 heavy (non-hydrogen) atoms. The summed E-state index contributed by atoms with van der Waals surface area (Å²) in [5.41, 5.74) is 6.37. The molecular formula is C9H9Cl2N3O. The first kappa shape index (κ1) is 11.8. The van der Waals surface area contributed by atoms with E-state index in [1.807, 2.05) is 24.3 Å². The Kier molecular flexibility index (Phi) is 3.94. The fourth-order valence-corrected chi connectivity index (χ4v) is 1.36. The van der Waals surface area contributed by atoms with Gasteiger partial charge in [-0.1, -0.05) is 29.8 Å². The van der Waals surface area contributed by atoms with E-state index >= 15 is 0 Å². The molecule has 1 heterocycles. The highest BCUT2D eigenvalue weighted by Crippen LogP contribution is 2.14. The van der Waals surface area contributed by atoms with Gasteiger partial charge in [0.2, 0.25) is 11.8 Å². The number of benzene rings is 1. The smallest absolute Gasteiger partial charge is 0.293 e. The van der Waals surface area contributed by atoms with Gasteiger partial charge in [-0.2, -0.15) is 0 Å². The van der Waals surface area contributed by atoms with Crippen molar-refractivity contribution in [3.05, 3.63) is 41.0 Å². The number of halogens is 2. The number of hydrogen-bond acceptors (Lipinski definition) is 3. The average Bonchev–Trinajstić information content (AvgIpc) is 2.56. The van der Waals surface area contributed by atoms with Gasteiger partial charge in [-0.05, 0) is 10.7 Å². The van der Waals surface area contributed by atoms with Crippen molar-refractivity contribution in [1.82, 2.24) is 5.27 Å². The molecule has 2 N–H and O–H groups in total. The summed E-state index contributed by atoms with van der Waals surface area (Å²) in [4.78, 5) is 0. The Bertz CT molecular complexity index is 444. The first-order valence-corrected chi connectivity index (χ1v) is 4.49. The summed E-state index contributed by atoms with van der Waals surface area (Å²) in [6.07, 6.45) is 1.61. The van der Waals surface area contributed by atoms with E-state index in [-0.39, 0.29) is 18.3 Å². The summed E-state index contributed by atoms with van der Waals surface area (Å²) in [6, 6.07) is 7.57. The summed E-state index contributed by atoms with van der Waals surface area (Å²) >= 11 is 5.98. The zero-order chi connectivity index (χ0) is 9.97. The topological polar surface area (TPSA) is 55.9 Å². The zero-order valence-corrected chi connectivity index (χ0v) is 9.24. The Labute approximate surface area is 98.0 Å². The summed E-state index contributed by atoms with van der Waals surface area (Å²) in [5.74, 6) is 0.289. The van der Waals surface area contributed by atoms with E-state index in [1.54, 1.807) is 10.9 Å². The minimum Gasteiger partial charge on any atom is -1.00 e. The van der Waals surface area contributed by atoms with Gasteiger partial charge in [0.05, 0.1) is 5.02 Å². The maximum atomic E-state index is 5.98. The fourth-order valence-electron chi connectivity index (χ4n) is 1.17. The molecule has 0 saturated heterocycles. The average molecular weight is 246 g/mol. The van der Waals surface area contributed by atoms with Gasteiger partial charge in [-0.15, -0.1) is 0 Å². The van der Waals surface area contributed by atoms with Crippen LogP contribution in [0.2, 0.25) is 5.02 Å². The molecule has 1 aromatic carbocycles. The molecule has 0 aliphatic rings. The molecule has 0 unspecified atom stereocenters. The molecule has 2 aromatic rings. The zero-order valence-electron chi connectivity index (χ0n) is 7.73. The molecule has 6 heteroatoms. The molecule has 0 fully saturated rings. The Balaban J connectivity index is 0.00000112. The first-order valence-electron chi connectivity index (χ1n) is 4.11. The van der Waals surface area contributed by atoms with Gasteiger partial charge >= 0.3 is 0 Å². The van der Waals surface area contributed by atoms with Crippen LogP contribution in [0.3, 0.4) is 0 Å². The molecule has 2 rings (SSSR count). The lowest BCUT2D eigenvalue weighted by molar-refractivity contribution is -0.754. The number of nitrogens with zero attached hydrogens (tertiary/aromatic N) is 2. The molecule has 0 bridgehead atoms. The predicted octanol–water partition coefficient (Wildman–Crippen LogP) is -1.75. The third-order valence-corrected chi connectivity index (χ3v) is 2.19. The molecule has 0 amide bonds. The van der Waals surface area contributed by atoms with E-state index in [1.165, 1.54) is 0 Å². The number of rotatable bonds is 2. The van der Waals surface area contributed by atoms with Crippen LogP contribution >= 0.6 is 11.6 Å². The third-order valence-electron chi connectivity index (χ3n) is 1.82. The van der Waals surface area contributed by atoms with Crippen molar-refractivity contribution in [2.75, 3.05) is 5.73 Å². The molecule has 0 atom stereocenters. The molecule has 0 spiro atoms. The molecule has 0 radical (unpaired) electrons. The van der Waals surface area contributed by atoms with Crippen LogP contribution in [-0.2, 0) is 6.54 Å². The molecule has 4 nitrogen and oxygen atoms in total. The Morgan fingerprint density at radius 2 is 2.13 bits per heavy atom. The van der Waals surface area contributed by atoms with Crippen molar-refractivity contribution in [2.24, 2.45) is 0 Å².